The van der Waals surface area contributed by atoms with Gasteiger partial charge in [0.15, 0.2) is 0 Å². The van der Waals surface area contributed by atoms with Crippen LogP contribution in [0.4, 0.5) is 0 Å². The third-order valence-electron chi connectivity index (χ3n) is 3.21. The van der Waals surface area contributed by atoms with Crippen LogP contribution in [-0.4, -0.2) is 5.94 Å². The molecule has 0 atom stereocenters. The average molecular weight is 200 g/mol. The molecule has 0 N–H and O–H groups in total. The van der Waals surface area contributed by atoms with Crippen LogP contribution in [0, 0.1) is 5.92 Å². The van der Waals surface area contributed by atoms with Gasteiger partial charge in [-0.15, -0.1) is 0 Å². The van der Waals surface area contributed by atoms with E-state index in [2.05, 4.69) is 5.94 Å². The van der Waals surface area contributed by atoms with Crippen molar-refractivity contribution in [1.29, 1.82) is 0 Å². The fourth-order valence-electron chi connectivity index (χ4n) is 2.39. The van der Waals surface area contributed by atoms with Crippen molar-refractivity contribution in [2.24, 2.45) is 5.92 Å². The maximum Gasteiger partial charge on any atom is 0.128 e. The Balaban J connectivity index is 2.21. The molecule has 1 aromatic rings. The topological polar surface area (TPSA) is 17.1 Å². The van der Waals surface area contributed by atoms with Crippen molar-refractivity contribution in [3.63, 3.8) is 0 Å². The summed E-state index contributed by atoms with van der Waals surface area (Å²) in [4.78, 5) is 11.0. The first-order chi connectivity index (χ1) is 7.42. The lowest BCUT2D eigenvalue weighted by Crippen LogP contribution is -2.08. The molecule has 1 aliphatic carbocycles. The van der Waals surface area contributed by atoms with Crippen LogP contribution in [-0.2, 0) is 4.79 Å². The first-order valence-electron chi connectivity index (χ1n) is 5.72. The van der Waals surface area contributed by atoms with Gasteiger partial charge in [-0.1, -0.05) is 49.6 Å². The summed E-state index contributed by atoms with van der Waals surface area (Å²) in [6, 6.07) is 9.96. The molecule has 2 rings (SSSR count). The van der Waals surface area contributed by atoms with Crippen LogP contribution in [0.5, 0.6) is 0 Å². The molecule has 0 saturated heterocycles. The maximum absolute atomic E-state index is 11.0. The molecule has 0 radical (unpaired) electrons. The van der Waals surface area contributed by atoms with Crippen LogP contribution in [0.3, 0.4) is 0 Å². The first-order valence-corrected chi connectivity index (χ1v) is 5.72. The molecule has 0 aromatic heterocycles. The number of carbonyl (C=O) groups excluding carboxylic acids is 1. The van der Waals surface area contributed by atoms with Crippen LogP contribution in [0.15, 0.2) is 30.3 Å². The van der Waals surface area contributed by atoms with Gasteiger partial charge in [-0.3, -0.25) is 0 Å². The molecule has 15 heavy (non-hydrogen) atoms. The Hall–Kier alpha value is -1.33. The van der Waals surface area contributed by atoms with E-state index in [4.69, 9.17) is 0 Å². The second kappa shape index (κ2) is 4.95. The highest BCUT2D eigenvalue weighted by molar-refractivity contribution is 5.88. The summed E-state index contributed by atoms with van der Waals surface area (Å²) in [5.74, 6) is 2.60. The van der Waals surface area contributed by atoms with Gasteiger partial charge in [0, 0.05) is 5.57 Å². The van der Waals surface area contributed by atoms with E-state index in [0.29, 0.717) is 5.92 Å². The van der Waals surface area contributed by atoms with E-state index in [-0.39, 0.29) is 0 Å². The standard InChI is InChI=1S/C14H16O/c15-11-14(12-7-3-1-4-8-12)13-9-5-2-6-10-13/h1,3-4,7-8,13H,2,5-6,9-10H2. The summed E-state index contributed by atoms with van der Waals surface area (Å²) < 4.78 is 0. The van der Waals surface area contributed by atoms with E-state index in [1.807, 2.05) is 30.3 Å². The van der Waals surface area contributed by atoms with Crippen LogP contribution in [0.25, 0.3) is 5.57 Å². The minimum Gasteiger partial charge on any atom is -0.233 e. The normalized spacial score (nSPS) is 17.1. The molecule has 1 heteroatoms. The second-order valence-electron chi connectivity index (χ2n) is 4.22. The minimum absolute atomic E-state index is 0.443. The molecular formula is C14H16O. The molecule has 0 unspecified atom stereocenters. The number of hydrogen-bond acceptors (Lipinski definition) is 1. The van der Waals surface area contributed by atoms with Crippen LogP contribution >= 0.6 is 0 Å². The quantitative estimate of drug-likeness (QED) is 0.668. The van der Waals surface area contributed by atoms with Crippen molar-refractivity contribution in [1.82, 2.24) is 0 Å². The van der Waals surface area contributed by atoms with Gasteiger partial charge in [0.2, 0.25) is 0 Å². The van der Waals surface area contributed by atoms with E-state index in [1.165, 1.54) is 19.3 Å². The van der Waals surface area contributed by atoms with Gasteiger partial charge in [0.1, 0.15) is 5.94 Å². The monoisotopic (exact) mass is 200 g/mol. The number of rotatable bonds is 2. The van der Waals surface area contributed by atoms with Crippen LogP contribution in [0.2, 0.25) is 0 Å². The molecule has 0 amide bonds. The highest BCUT2D eigenvalue weighted by Gasteiger charge is 2.19. The van der Waals surface area contributed by atoms with E-state index in [9.17, 15) is 4.79 Å². The summed E-state index contributed by atoms with van der Waals surface area (Å²) in [5.41, 5.74) is 1.94. The molecule has 78 valence electrons. The Morgan fingerprint density at radius 1 is 1.07 bits per heavy atom. The Morgan fingerprint density at radius 2 is 1.73 bits per heavy atom. The largest absolute Gasteiger partial charge is 0.233 e. The van der Waals surface area contributed by atoms with Crippen molar-refractivity contribution in [2.45, 2.75) is 32.1 Å². The predicted molar refractivity (Wildman–Crippen MR) is 62.1 cm³/mol. The van der Waals surface area contributed by atoms with E-state index < -0.39 is 0 Å². The zero-order valence-electron chi connectivity index (χ0n) is 8.91. The Morgan fingerprint density at radius 3 is 2.33 bits per heavy atom. The molecule has 1 saturated carbocycles. The van der Waals surface area contributed by atoms with Crippen molar-refractivity contribution in [3.8, 4) is 0 Å². The zero-order chi connectivity index (χ0) is 10.5. The average Bonchev–Trinajstić information content (AvgIpc) is 2.33. The van der Waals surface area contributed by atoms with Gasteiger partial charge in [0.05, 0.1) is 0 Å². The van der Waals surface area contributed by atoms with Gasteiger partial charge in [-0.25, -0.2) is 4.79 Å². The molecular weight excluding hydrogens is 184 g/mol. The number of hydrogen-bond donors (Lipinski definition) is 0. The SMILES string of the molecule is O=C=C(c1ccccc1)C1CCCCC1. The Kier molecular flexibility index (Phi) is 3.37. The van der Waals surface area contributed by atoms with E-state index >= 15 is 0 Å². The lowest BCUT2D eigenvalue weighted by Gasteiger charge is -2.22. The molecule has 0 bridgehead atoms. The van der Waals surface area contributed by atoms with Gasteiger partial charge >= 0.3 is 0 Å². The zero-order valence-corrected chi connectivity index (χ0v) is 8.91. The fraction of sp³-hybridized carbons (Fsp3) is 0.429. The van der Waals surface area contributed by atoms with Crippen LogP contribution < -0.4 is 0 Å². The van der Waals surface area contributed by atoms with Crippen molar-refractivity contribution < 1.29 is 4.79 Å². The molecule has 0 aliphatic heterocycles. The summed E-state index contributed by atoms with van der Waals surface area (Å²) in [7, 11) is 0. The smallest absolute Gasteiger partial charge is 0.128 e. The van der Waals surface area contributed by atoms with Gasteiger partial charge < -0.3 is 0 Å². The number of allylic oxidation sites excluding steroid dienone is 1. The predicted octanol–water partition coefficient (Wildman–Crippen LogP) is 3.48. The summed E-state index contributed by atoms with van der Waals surface area (Å²) in [6.45, 7) is 0. The molecule has 1 nitrogen and oxygen atoms in total. The van der Waals surface area contributed by atoms with E-state index in [1.54, 1.807) is 0 Å². The number of benzene rings is 1. The van der Waals surface area contributed by atoms with Crippen molar-refractivity contribution >= 4 is 11.5 Å². The van der Waals surface area contributed by atoms with Crippen molar-refractivity contribution in [2.75, 3.05) is 0 Å². The lowest BCUT2D eigenvalue weighted by atomic mass is 9.82. The Bertz CT molecular complexity index is 354. The highest BCUT2D eigenvalue weighted by atomic mass is 16.1. The third kappa shape index (κ3) is 2.37. The van der Waals surface area contributed by atoms with Gasteiger partial charge in [-0.05, 0) is 24.3 Å². The van der Waals surface area contributed by atoms with Crippen molar-refractivity contribution in [3.05, 3.63) is 35.9 Å². The summed E-state index contributed by atoms with van der Waals surface area (Å²) in [6.07, 6.45) is 6.13. The molecule has 0 heterocycles. The summed E-state index contributed by atoms with van der Waals surface area (Å²) in [5, 5.41) is 0. The van der Waals surface area contributed by atoms with Gasteiger partial charge in [0.25, 0.3) is 0 Å². The summed E-state index contributed by atoms with van der Waals surface area (Å²) >= 11 is 0. The Labute approximate surface area is 90.8 Å². The first kappa shape index (κ1) is 10.2. The molecule has 1 aromatic carbocycles. The molecule has 1 aliphatic rings. The van der Waals surface area contributed by atoms with Crippen LogP contribution in [0.1, 0.15) is 37.7 Å². The minimum atomic E-state index is 0.443. The molecule has 1 fully saturated rings. The lowest BCUT2D eigenvalue weighted by molar-refractivity contribution is 0.429. The fourth-order valence-corrected chi connectivity index (χ4v) is 2.39. The second-order valence-corrected chi connectivity index (χ2v) is 4.22. The van der Waals surface area contributed by atoms with Gasteiger partial charge in [-0.2, -0.15) is 0 Å². The maximum atomic E-state index is 11.0. The third-order valence-corrected chi connectivity index (χ3v) is 3.21. The molecule has 0 spiro atoms. The highest BCUT2D eigenvalue weighted by Crippen LogP contribution is 2.33. The van der Waals surface area contributed by atoms with E-state index in [0.717, 1.165) is 24.0 Å².